The Labute approximate surface area is 173 Å². The van der Waals surface area contributed by atoms with Gasteiger partial charge in [0, 0.05) is 31.2 Å². The van der Waals surface area contributed by atoms with Crippen LogP contribution in [0.1, 0.15) is 28.9 Å². The molecule has 0 saturated carbocycles. The molecule has 29 heavy (non-hydrogen) atoms. The maximum Gasteiger partial charge on any atom is 0.321 e. The smallest absolute Gasteiger partial charge is 0.321 e. The molecule has 8 heteroatoms. The van der Waals surface area contributed by atoms with Crippen LogP contribution in [0.25, 0.3) is 5.69 Å². The van der Waals surface area contributed by atoms with Crippen LogP contribution >= 0.6 is 11.6 Å². The van der Waals surface area contributed by atoms with Crippen molar-refractivity contribution < 1.29 is 9.59 Å². The number of carbonyl (C=O) groups excluding carboxylic acids is 2. The van der Waals surface area contributed by atoms with Crippen LogP contribution in [0.3, 0.4) is 0 Å². The second kappa shape index (κ2) is 7.97. The predicted molar refractivity (Wildman–Crippen MR) is 112 cm³/mol. The summed E-state index contributed by atoms with van der Waals surface area (Å²) in [6.45, 7) is 3.04. The van der Waals surface area contributed by atoms with E-state index < -0.39 is 0 Å². The van der Waals surface area contributed by atoms with Gasteiger partial charge in [0.1, 0.15) is 0 Å². The Morgan fingerprint density at radius 1 is 1.21 bits per heavy atom. The van der Waals surface area contributed by atoms with E-state index in [1.807, 2.05) is 43.5 Å². The molecule has 1 aliphatic heterocycles. The van der Waals surface area contributed by atoms with Crippen molar-refractivity contribution in [2.75, 3.05) is 18.0 Å². The monoisotopic (exact) mass is 409 g/mol. The Morgan fingerprint density at radius 2 is 2.07 bits per heavy atom. The SMILES string of the molecule is CC(NC(=O)c1cc(N2CCNC2=O)ccc1Cl)c1cccc(-n2cccn2)c1. The second-order valence-electron chi connectivity index (χ2n) is 6.79. The second-order valence-corrected chi connectivity index (χ2v) is 7.20. The maximum absolute atomic E-state index is 12.9. The van der Waals surface area contributed by atoms with E-state index in [0.717, 1.165) is 11.3 Å². The first-order valence-electron chi connectivity index (χ1n) is 9.28. The van der Waals surface area contributed by atoms with Gasteiger partial charge in [-0.25, -0.2) is 9.48 Å². The third kappa shape index (κ3) is 3.95. The number of amides is 3. The first-order chi connectivity index (χ1) is 14.0. The lowest BCUT2D eigenvalue weighted by atomic mass is 10.1. The Morgan fingerprint density at radius 3 is 2.79 bits per heavy atom. The van der Waals surface area contributed by atoms with Gasteiger partial charge in [-0.1, -0.05) is 23.7 Å². The average Bonchev–Trinajstić information content (AvgIpc) is 3.40. The summed E-state index contributed by atoms with van der Waals surface area (Å²) in [6, 6.07) is 14.3. The Balaban J connectivity index is 1.53. The van der Waals surface area contributed by atoms with Crippen molar-refractivity contribution in [1.29, 1.82) is 0 Å². The molecule has 7 nitrogen and oxygen atoms in total. The quantitative estimate of drug-likeness (QED) is 0.676. The van der Waals surface area contributed by atoms with E-state index in [4.69, 9.17) is 11.6 Å². The topological polar surface area (TPSA) is 79.3 Å². The molecule has 2 aromatic carbocycles. The number of rotatable bonds is 5. The van der Waals surface area contributed by atoms with Gasteiger partial charge >= 0.3 is 6.03 Å². The molecule has 0 bridgehead atoms. The number of hydrogen-bond donors (Lipinski definition) is 2. The largest absolute Gasteiger partial charge is 0.345 e. The van der Waals surface area contributed by atoms with Crippen molar-refractivity contribution in [2.45, 2.75) is 13.0 Å². The Bertz CT molecular complexity index is 1050. The number of aromatic nitrogens is 2. The van der Waals surface area contributed by atoms with E-state index >= 15 is 0 Å². The third-order valence-corrected chi connectivity index (χ3v) is 5.18. The van der Waals surface area contributed by atoms with E-state index in [9.17, 15) is 9.59 Å². The summed E-state index contributed by atoms with van der Waals surface area (Å²) in [5.74, 6) is -0.298. The number of nitrogens with zero attached hydrogens (tertiary/aromatic N) is 3. The van der Waals surface area contributed by atoms with Crippen molar-refractivity contribution in [2.24, 2.45) is 0 Å². The molecular weight excluding hydrogens is 390 g/mol. The van der Waals surface area contributed by atoms with Crippen LogP contribution in [0.2, 0.25) is 5.02 Å². The van der Waals surface area contributed by atoms with Crippen LogP contribution in [0, 0.1) is 0 Å². The molecule has 1 unspecified atom stereocenters. The molecular formula is C21H20ClN5O2. The molecule has 1 aromatic heterocycles. The molecule has 3 amide bonds. The minimum atomic E-state index is -0.298. The minimum absolute atomic E-state index is 0.178. The van der Waals surface area contributed by atoms with Gasteiger partial charge in [-0.05, 0) is 48.9 Å². The van der Waals surface area contributed by atoms with E-state index in [1.165, 1.54) is 0 Å². The molecule has 1 aliphatic rings. The van der Waals surface area contributed by atoms with E-state index in [1.54, 1.807) is 34.0 Å². The minimum Gasteiger partial charge on any atom is -0.345 e. The van der Waals surface area contributed by atoms with Gasteiger partial charge in [0.25, 0.3) is 5.91 Å². The summed E-state index contributed by atoms with van der Waals surface area (Å²) in [6.07, 6.45) is 3.58. The van der Waals surface area contributed by atoms with Crippen LogP contribution in [-0.2, 0) is 0 Å². The van der Waals surface area contributed by atoms with Gasteiger partial charge < -0.3 is 10.6 Å². The third-order valence-electron chi connectivity index (χ3n) is 4.85. The van der Waals surface area contributed by atoms with Crippen LogP contribution in [0.5, 0.6) is 0 Å². The van der Waals surface area contributed by atoms with E-state index in [-0.39, 0.29) is 18.0 Å². The highest BCUT2D eigenvalue weighted by atomic mass is 35.5. The van der Waals surface area contributed by atoms with Crippen LogP contribution in [0.15, 0.2) is 60.9 Å². The van der Waals surface area contributed by atoms with Gasteiger partial charge in [-0.3, -0.25) is 9.69 Å². The number of benzene rings is 2. The summed E-state index contributed by atoms with van der Waals surface area (Å²) in [7, 11) is 0. The van der Waals surface area contributed by atoms with Crippen molar-refractivity contribution >= 4 is 29.2 Å². The molecule has 3 aromatic rings. The van der Waals surface area contributed by atoms with Gasteiger partial charge in [0.15, 0.2) is 0 Å². The highest BCUT2D eigenvalue weighted by Gasteiger charge is 2.23. The molecule has 1 saturated heterocycles. The zero-order valence-corrected chi connectivity index (χ0v) is 16.6. The standard InChI is InChI=1S/C21H20ClN5O2/c1-14(15-4-2-5-17(12-15)27-10-3-8-24-27)25-20(28)18-13-16(6-7-19(18)22)26-11-9-23-21(26)29/h2-8,10,12-14H,9,11H2,1H3,(H,23,29)(H,25,28). The lowest BCUT2D eigenvalue weighted by Crippen LogP contribution is -2.29. The lowest BCUT2D eigenvalue weighted by Gasteiger charge is -2.18. The highest BCUT2D eigenvalue weighted by molar-refractivity contribution is 6.34. The summed E-state index contributed by atoms with van der Waals surface area (Å²) in [5.41, 5.74) is 2.83. The normalized spacial score (nSPS) is 14.6. The van der Waals surface area contributed by atoms with Crippen molar-refractivity contribution in [3.8, 4) is 5.69 Å². The summed E-state index contributed by atoms with van der Waals surface area (Å²) in [5, 5.41) is 10.3. The summed E-state index contributed by atoms with van der Waals surface area (Å²) >= 11 is 6.26. The predicted octanol–water partition coefficient (Wildman–Crippen LogP) is 3.55. The first-order valence-corrected chi connectivity index (χ1v) is 9.66. The van der Waals surface area contributed by atoms with Crippen LogP contribution in [0.4, 0.5) is 10.5 Å². The van der Waals surface area contributed by atoms with Gasteiger partial charge in [0.05, 0.1) is 22.3 Å². The molecule has 2 N–H and O–H groups in total. The molecule has 0 spiro atoms. The molecule has 0 radical (unpaired) electrons. The number of hydrogen-bond acceptors (Lipinski definition) is 3. The fourth-order valence-corrected chi connectivity index (χ4v) is 3.49. The number of anilines is 1. The Kier molecular flexibility index (Phi) is 5.22. The number of halogens is 1. The molecule has 1 atom stereocenters. The van der Waals surface area contributed by atoms with Gasteiger partial charge in [-0.15, -0.1) is 0 Å². The van der Waals surface area contributed by atoms with Crippen LogP contribution < -0.4 is 15.5 Å². The van der Waals surface area contributed by atoms with Crippen LogP contribution in [-0.4, -0.2) is 34.8 Å². The van der Waals surface area contributed by atoms with E-state index in [2.05, 4.69) is 15.7 Å². The number of carbonyl (C=O) groups is 2. The molecule has 148 valence electrons. The molecule has 0 aliphatic carbocycles. The van der Waals surface area contributed by atoms with Gasteiger partial charge in [0.2, 0.25) is 0 Å². The lowest BCUT2D eigenvalue weighted by molar-refractivity contribution is 0.0940. The molecule has 1 fully saturated rings. The van der Waals surface area contributed by atoms with Gasteiger partial charge in [-0.2, -0.15) is 5.10 Å². The van der Waals surface area contributed by atoms with Crippen molar-refractivity contribution in [3.05, 3.63) is 77.1 Å². The van der Waals surface area contributed by atoms with E-state index in [0.29, 0.717) is 29.4 Å². The van der Waals surface area contributed by atoms with Crippen molar-refractivity contribution in [1.82, 2.24) is 20.4 Å². The zero-order valence-electron chi connectivity index (χ0n) is 15.8. The van der Waals surface area contributed by atoms with Crippen molar-refractivity contribution in [3.63, 3.8) is 0 Å². The zero-order chi connectivity index (χ0) is 20.4. The fraction of sp³-hybridized carbons (Fsp3) is 0.190. The highest BCUT2D eigenvalue weighted by Crippen LogP contribution is 2.25. The summed E-state index contributed by atoms with van der Waals surface area (Å²) in [4.78, 5) is 26.4. The molecule has 2 heterocycles. The molecule has 4 rings (SSSR count). The number of urea groups is 1. The maximum atomic E-state index is 12.9. The number of nitrogens with one attached hydrogen (secondary N) is 2. The first kappa shape index (κ1) is 19.0. The summed E-state index contributed by atoms with van der Waals surface area (Å²) < 4.78 is 1.76. The average molecular weight is 410 g/mol. The fourth-order valence-electron chi connectivity index (χ4n) is 3.29. The Hall–Kier alpha value is -3.32.